The molecule has 7 nitrogen and oxygen atoms in total. The number of nitro benzene ring substituents is 1. The Morgan fingerprint density at radius 2 is 2.08 bits per heavy atom. The number of amides is 1. The van der Waals surface area contributed by atoms with Crippen molar-refractivity contribution < 1.29 is 14.5 Å². The smallest absolute Gasteiger partial charge is 0.293 e. The molecule has 0 spiro atoms. The Kier molecular flexibility index (Phi) is 6.75. The number of ether oxygens (including phenoxy) is 1. The van der Waals surface area contributed by atoms with E-state index in [4.69, 9.17) is 4.74 Å². The molecule has 0 aromatic heterocycles. The molecule has 0 aliphatic heterocycles. The summed E-state index contributed by atoms with van der Waals surface area (Å²) in [6, 6.07) is 5.09. The first-order valence-corrected chi connectivity index (χ1v) is 8.86. The van der Waals surface area contributed by atoms with Crippen molar-refractivity contribution in [1.29, 1.82) is 0 Å². The fraction of sp³-hybridized carbons (Fsp3) is 0.611. The van der Waals surface area contributed by atoms with Crippen molar-refractivity contribution in [3.63, 3.8) is 0 Å². The first kappa shape index (κ1) is 19.2. The van der Waals surface area contributed by atoms with Gasteiger partial charge in [-0.2, -0.15) is 0 Å². The molecule has 0 heterocycles. The molecule has 1 aliphatic rings. The predicted octanol–water partition coefficient (Wildman–Crippen LogP) is 3.45. The second-order valence-corrected chi connectivity index (χ2v) is 6.37. The van der Waals surface area contributed by atoms with Gasteiger partial charge in [-0.1, -0.05) is 13.8 Å². The number of hydrogen-bond acceptors (Lipinski definition) is 5. The summed E-state index contributed by atoms with van der Waals surface area (Å²) in [6.45, 7) is 4.97. The molecule has 0 saturated heterocycles. The van der Waals surface area contributed by atoms with Crippen LogP contribution in [0.1, 0.15) is 49.9 Å². The molecule has 1 saturated carbocycles. The minimum absolute atomic E-state index is 0.0472. The van der Waals surface area contributed by atoms with Gasteiger partial charge >= 0.3 is 0 Å². The van der Waals surface area contributed by atoms with Gasteiger partial charge in [0.2, 0.25) is 0 Å². The van der Waals surface area contributed by atoms with Gasteiger partial charge in [0.1, 0.15) is 5.69 Å². The van der Waals surface area contributed by atoms with Crippen molar-refractivity contribution in [2.45, 2.75) is 51.6 Å². The van der Waals surface area contributed by atoms with E-state index in [2.05, 4.69) is 5.32 Å². The van der Waals surface area contributed by atoms with Gasteiger partial charge in [0.05, 0.1) is 11.5 Å². The lowest BCUT2D eigenvalue weighted by molar-refractivity contribution is -0.384. The summed E-state index contributed by atoms with van der Waals surface area (Å²) in [5, 5.41) is 14.6. The zero-order valence-electron chi connectivity index (χ0n) is 15.2. The van der Waals surface area contributed by atoms with Gasteiger partial charge in [-0.25, -0.2) is 0 Å². The summed E-state index contributed by atoms with van der Waals surface area (Å²) in [7, 11) is 1.60. The van der Waals surface area contributed by atoms with Crippen molar-refractivity contribution >= 4 is 17.3 Å². The van der Waals surface area contributed by atoms with Gasteiger partial charge in [0.25, 0.3) is 11.6 Å². The third-order valence-electron chi connectivity index (χ3n) is 4.56. The molecular formula is C18H27N3O4. The molecule has 0 unspecified atom stereocenters. The van der Waals surface area contributed by atoms with Crippen LogP contribution >= 0.6 is 0 Å². The minimum atomic E-state index is -0.432. The number of benzene rings is 1. The molecule has 0 radical (unpaired) electrons. The van der Waals surface area contributed by atoms with Crippen LogP contribution in [0.4, 0.5) is 11.4 Å². The molecule has 138 valence electrons. The standard InChI is InChI=1S/C18H27N3O4/c1-4-15(5-2)20(10-11-25-3)18(22)13-6-9-16(19-14-7-8-14)17(12-13)21(23)24/h6,9,12,14-15,19H,4-5,7-8,10-11H2,1-3H3. The Morgan fingerprint density at radius 3 is 2.60 bits per heavy atom. The number of carbonyl (C=O) groups excluding carboxylic acids is 1. The van der Waals surface area contributed by atoms with E-state index in [0.717, 1.165) is 25.7 Å². The van der Waals surface area contributed by atoms with Crippen LogP contribution < -0.4 is 5.32 Å². The number of nitro groups is 1. The maximum atomic E-state index is 13.0. The van der Waals surface area contributed by atoms with Crippen molar-refractivity contribution in [3.8, 4) is 0 Å². The monoisotopic (exact) mass is 349 g/mol. The van der Waals surface area contributed by atoms with E-state index in [0.29, 0.717) is 30.4 Å². The summed E-state index contributed by atoms with van der Waals surface area (Å²) in [5.74, 6) is -0.188. The van der Waals surface area contributed by atoms with Crippen molar-refractivity contribution in [1.82, 2.24) is 4.90 Å². The Bertz CT molecular complexity index is 612. The Morgan fingerprint density at radius 1 is 1.40 bits per heavy atom. The maximum Gasteiger partial charge on any atom is 0.293 e. The average molecular weight is 349 g/mol. The minimum Gasteiger partial charge on any atom is -0.383 e. The zero-order chi connectivity index (χ0) is 18.4. The summed E-state index contributed by atoms with van der Waals surface area (Å²) >= 11 is 0. The molecule has 1 fully saturated rings. The van der Waals surface area contributed by atoms with Crippen LogP contribution in [0.5, 0.6) is 0 Å². The normalized spacial score (nSPS) is 13.8. The van der Waals surface area contributed by atoms with Gasteiger partial charge < -0.3 is 15.0 Å². The highest BCUT2D eigenvalue weighted by Gasteiger charge is 2.27. The fourth-order valence-corrected chi connectivity index (χ4v) is 2.92. The van der Waals surface area contributed by atoms with Crippen LogP contribution in [0.2, 0.25) is 0 Å². The summed E-state index contributed by atoms with van der Waals surface area (Å²) < 4.78 is 5.12. The summed E-state index contributed by atoms with van der Waals surface area (Å²) in [6.07, 6.45) is 3.71. The number of rotatable bonds is 10. The Balaban J connectivity index is 2.28. The van der Waals surface area contributed by atoms with E-state index in [9.17, 15) is 14.9 Å². The molecule has 1 aliphatic carbocycles. The van der Waals surface area contributed by atoms with E-state index >= 15 is 0 Å². The van der Waals surface area contributed by atoms with Crippen LogP contribution in [-0.4, -0.2) is 48.1 Å². The summed E-state index contributed by atoms with van der Waals surface area (Å²) in [4.78, 5) is 25.7. The Labute approximate surface area is 148 Å². The zero-order valence-corrected chi connectivity index (χ0v) is 15.2. The number of carbonyl (C=O) groups is 1. The van der Waals surface area contributed by atoms with E-state index in [-0.39, 0.29) is 17.6 Å². The SMILES string of the molecule is CCC(CC)N(CCOC)C(=O)c1ccc(NC2CC2)c([N+](=O)[O-])c1. The van der Waals surface area contributed by atoms with Crippen molar-refractivity contribution in [3.05, 3.63) is 33.9 Å². The largest absolute Gasteiger partial charge is 0.383 e. The van der Waals surface area contributed by atoms with Crippen LogP contribution in [0.15, 0.2) is 18.2 Å². The first-order chi connectivity index (χ1) is 12.0. The van der Waals surface area contributed by atoms with Crippen LogP contribution in [0, 0.1) is 10.1 Å². The second-order valence-electron chi connectivity index (χ2n) is 6.37. The van der Waals surface area contributed by atoms with Gasteiger partial charge in [0.15, 0.2) is 0 Å². The Hall–Kier alpha value is -2.15. The van der Waals surface area contributed by atoms with Gasteiger partial charge in [-0.05, 0) is 37.8 Å². The van der Waals surface area contributed by atoms with Crippen LogP contribution in [0.3, 0.4) is 0 Å². The number of methoxy groups -OCH3 is 1. The predicted molar refractivity (Wildman–Crippen MR) is 97.0 cm³/mol. The lowest BCUT2D eigenvalue weighted by atomic mass is 10.1. The van der Waals surface area contributed by atoms with Crippen LogP contribution in [-0.2, 0) is 4.74 Å². The molecule has 25 heavy (non-hydrogen) atoms. The lowest BCUT2D eigenvalue weighted by Gasteiger charge is -2.30. The lowest BCUT2D eigenvalue weighted by Crippen LogP contribution is -2.41. The topological polar surface area (TPSA) is 84.7 Å². The maximum absolute atomic E-state index is 13.0. The highest BCUT2D eigenvalue weighted by Crippen LogP contribution is 2.32. The number of nitrogens with one attached hydrogen (secondary N) is 1. The molecule has 0 bridgehead atoms. The fourth-order valence-electron chi connectivity index (χ4n) is 2.92. The molecule has 1 amide bonds. The molecule has 1 N–H and O–H groups in total. The van der Waals surface area contributed by atoms with Crippen molar-refractivity contribution in [2.75, 3.05) is 25.6 Å². The van der Waals surface area contributed by atoms with E-state index < -0.39 is 4.92 Å². The summed E-state index contributed by atoms with van der Waals surface area (Å²) in [5.41, 5.74) is 0.778. The van der Waals surface area contributed by atoms with Gasteiger partial charge in [-0.15, -0.1) is 0 Å². The number of hydrogen-bond donors (Lipinski definition) is 1. The molecule has 1 aromatic rings. The quantitative estimate of drug-likeness (QED) is 0.516. The second kappa shape index (κ2) is 8.80. The highest BCUT2D eigenvalue weighted by molar-refractivity contribution is 5.96. The molecular weight excluding hydrogens is 322 g/mol. The average Bonchev–Trinajstić information content (AvgIpc) is 3.42. The first-order valence-electron chi connectivity index (χ1n) is 8.86. The van der Waals surface area contributed by atoms with E-state index in [1.54, 1.807) is 24.1 Å². The molecule has 0 atom stereocenters. The van der Waals surface area contributed by atoms with Crippen LogP contribution in [0.25, 0.3) is 0 Å². The number of anilines is 1. The van der Waals surface area contributed by atoms with Gasteiger partial charge in [-0.3, -0.25) is 14.9 Å². The molecule has 7 heteroatoms. The van der Waals surface area contributed by atoms with Gasteiger partial charge in [0, 0.05) is 37.4 Å². The van der Waals surface area contributed by atoms with E-state index in [1.807, 2.05) is 13.8 Å². The van der Waals surface area contributed by atoms with Crippen molar-refractivity contribution in [2.24, 2.45) is 0 Å². The van der Waals surface area contributed by atoms with E-state index in [1.165, 1.54) is 6.07 Å². The molecule has 1 aromatic carbocycles. The number of nitrogens with zero attached hydrogens (tertiary/aromatic N) is 2. The third kappa shape index (κ3) is 4.92. The molecule has 2 rings (SSSR count). The third-order valence-corrected chi connectivity index (χ3v) is 4.56. The highest BCUT2D eigenvalue weighted by atomic mass is 16.6.